The Balaban J connectivity index is 2.80. The summed E-state index contributed by atoms with van der Waals surface area (Å²) < 4.78 is 0.936. The second kappa shape index (κ2) is 2.97. The lowest BCUT2D eigenvalue weighted by atomic mass is 10.2. The largest absolute Gasteiger partial charge is 0.252 e. The minimum Gasteiger partial charge on any atom is -0.252 e. The molecule has 0 bridgehead atoms. The van der Waals surface area contributed by atoms with Crippen LogP contribution < -0.4 is 0 Å². The third kappa shape index (κ3) is 1.41. The van der Waals surface area contributed by atoms with Crippen LogP contribution >= 0.6 is 22.6 Å². The van der Waals surface area contributed by atoms with Crippen LogP contribution in [0.5, 0.6) is 0 Å². The molecule has 2 rings (SSSR count). The van der Waals surface area contributed by atoms with Crippen molar-refractivity contribution in [3.63, 3.8) is 0 Å². The van der Waals surface area contributed by atoms with E-state index in [0.717, 1.165) is 14.7 Å². The molecule has 1 aromatic heterocycles. The van der Waals surface area contributed by atoms with E-state index < -0.39 is 0 Å². The van der Waals surface area contributed by atoms with Crippen LogP contribution in [0.3, 0.4) is 0 Å². The number of nitrogens with zero attached hydrogens (tertiary/aromatic N) is 2. The molecule has 1 heterocycles. The number of halogens is 1. The van der Waals surface area contributed by atoms with Crippen LogP contribution in [0.2, 0.25) is 0 Å². The fraction of sp³-hybridized carbons (Fsp3) is 0.111. The molecule has 12 heavy (non-hydrogen) atoms. The number of rotatable bonds is 0. The molecule has 0 spiro atoms. The molecule has 2 aromatic rings. The summed E-state index contributed by atoms with van der Waals surface area (Å²) in [6.45, 7) is 2.06. The lowest BCUT2D eigenvalue weighted by Gasteiger charge is -1.97. The van der Waals surface area contributed by atoms with E-state index in [2.05, 4.69) is 39.5 Å². The first-order chi connectivity index (χ1) is 5.75. The normalized spacial score (nSPS) is 10.5. The van der Waals surface area contributed by atoms with Crippen LogP contribution in [0.1, 0.15) is 5.56 Å². The summed E-state index contributed by atoms with van der Waals surface area (Å²) in [6, 6.07) is 6.09. The van der Waals surface area contributed by atoms with E-state index in [1.54, 1.807) is 6.20 Å². The lowest BCUT2D eigenvalue weighted by Crippen LogP contribution is -1.86. The third-order valence-corrected chi connectivity index (χ3v) is 2.19. The highest BCUT2D eigenvalue weighted by Gasteiger charge is 1.96. The molecule has 3 heteroatoms. The highest BCUT2D eigenvalue weighted by atomic mass is 127. The molecule has 0 atom stereocenters. The van der Waals surface area contributed by atoms with Gasteiger partial charge in [0.15, 0.2) is 0 Å². The predicted octanol–water partition coefficient (Wildman–Crippen LogP) is 2.54. The van der Waals surface area contributed by atoms with Crippen LogP contribution in [-0.4, -0.2) is 9.97 Å². The first kappa shape index (κ1) is 7.91. The number of hydrogen-bond acceptors (Lipinski definition) is 2. The molecule has 0 fully saturated rings. The van der Waals surface area contributed by atoms with E-state index in [1.165, 1.54) is 5.56 Å². The van der Waals surface area contributed by atoms with Crippen molar-refractivity contribution in [1.82, 2.24) is 9.97 Å². The Kier molecular flexibility index (Phi) is 1.96. The average molecular weight is 270 g/mol. The molecule has 0 unspecified atom stereocenters. The third-order valence-electron chi connectivity index (χ3n) is 1.67. The Hall–Kier alpha value is -0.710. The SMILES string of the molecule is Cc1ccc2ncc(I)nc2c1. The molecule has 0 aliphatic heterocycles. The second-order valence-corrected chi connectivity index (χ2v) is 3.79. The van der Waals surface area contributed by atoms with Crippen LogP contribution in [0.4, 0.5) is 0 Å². The van der Waals surface area contributed by atoms with Crippen LogP contribution in [0.25, 0.3) is 11.0 Å². The fourth-order valence-electron chi connectivity index (χ4n) is 1.10. The number of benzene rings is 1. The van der Waals surface area contributed by atoms with Crippen molar-refractivity contribution in [2.24, 2.45) is 0 Å². The maximum absolute atomic E-state index is 4.36. The summed E-state index contributed by atoms with van der Waals surface area (Å²) in [4.78, 5) is 8.61. The smallest absolute Gasteiger partial charge is 0.120 e. The molecular weight excluding hydrogens is 263 g/mol. The Bertz CT molecular complexity index is 389. The van der Waals surface area contributed by atoms with Gasteiger partial charge < -0.3 is 0 Å². The van der Waals surface area contributed by atoms with Crippen molar-refractivity contribution in [3.05, 3.63) is 33.7 Å². The Morgan fingerprint density at radius 1 is 1.25 bits per heavy atom. The quantitative estimate of drug-likeness (QED) is 0.687. The van der Waals surface area contributed by atoms with E-state index in [4.69, 9.17) is 0 Å². The van der Waals surface area contributed by atoms with Crippen molar-refractivity contribution in [3.8, 4) is 0 Å². The zero-order valence-corrected chi connectivity index (χ0v) is 8.74. The van der Waals surface area contributed by atoms with Gasteiger partial charge in [0.2, 0.25) is 0 Å². The number of hydrogen-bond donors (Lipinski definition) is 0. The fourth-order valence-corrected chi connectivity index (χ4v) is 1.50. The molecule has 1 aromatic carbocycles. The minimum atomic E-state index is 0.936. The van der Waals surface area contributed by atoms with E-state index in [1.807, 2.05) is 18.2 Å². The summed E-state index contributed by atoms with van der Waals surface area (Å²) in [6.07, 6.45) is 1.78. The number of fused-ring (bicyclic) bond motifs is 1. The molecule has 0 N–H and O–H groups in total. The average Bonchev–Trinajstić information content (AvgIpc) is 2.03. The number of aryl methyl sites for hydroxylation is 1. The molecule has 0 aliphatic rings. The Labute approximate surface area is 84.2 Å². The summed E-state index contributed by atoms with van der Waals surface area (Å²) in [5.41, 5.74) is 3.15. The first-order valence-electron chi connectivity index (χ1n) is 3.64. The molecule has 0 aliphatic carbocycles. The van der Waals surface area contributed by atoms with Gasteiger partial charge in [-0.15, -0.1) is 0 Å². The van der Waals surface area contributed by atoms with Gasteiger partial charge in [0, 0.05) is 0 Å². The maximum atomic E-state index is 4.36. The molecule has 0 saturated heterocycles. The van der Waals surface area contributed by atoms with Crippen molar-refractivity contribution >= 4 is 33.6 Å². The van der Waals surface area contributed by atoms with E-state index >= 15 is 0 Å². The zero-order valence-electron chi connectivity index (χ0n) is 6.58. The molecule has 0 radical (unpaired) electrons. The highest BCUT2D eigenvalue weighted by Crippen LogP contribution is 2.12. The number of aromatic nitrogens is 2. The topological polar surface area (TPSA) is 25.8 Å². The van der Waals surface area contributed by atoms with Gasteiger partial charge in [-0.05, 0) is 47.2 Å². The molecular formula is C9H7IN2. The standard InChI is InChI=1S/C9H7IN2/c1-6-2-3-7-8(4-6)12-9(10)5-11-7/h2-5H,1H3. The lowest BCUT2D eigenvalue weighted by molar-refractivity contribution is 1.24. The molecule has 2 nitrogen and oxygen atoms in total. The summed E-state index contributed by atoms with van der Waals surface area (Å²) in [5, 5.41) is 0. The van der Waals surface area contributed by atoms with Gasteiger partial charge in [-0.2, -0.15) is 0 Å². The van der Waals surface area contributed by atoms with Gasteiger partial charge in [-0.3, -0.25) is 4.98 Å². The molecule has 0 saturated carbocycles. The van der Waals surface area contributed by atoms with Crippen molar-refractivity contribution in [2.75, 3.05) is 0 Å². The van der Waals surface area contributed by atoms with E-state index in [9.17, 15) is 0 Å². The predicted molar refractivity (Wildman–Crippen MR) is 57.0 cm³/mol. The Morgan fingerprint density at radius 2 is 2.08 bits per heavy atom. The summed E-state index contributed by atoms with van der Waals surface area (Å²) in [7, 11) is 0. The van der Waals surface area contributed by atoms with Crippen LogP contribution in [-0.2, 0) is 0 Å². The van der Waals surface area contributed by atoms with E-state index in [0.29, 0.717) is 0 Å². The summed E-state index contributed by atoms with van der Waals surface area (Å²) >= 11 is 2.17. The van der Waals surface area contributed by atoms with Gasteiger partial charge in [-0.25, -0.2) is 4.98 Å². The van der Waals surface area contributed by atoms with Crippen LogP contribution in [0.15, 0.2) is 24.4 Å². The van der Waals surface area contributed by atoms with Crippen molar-refractivity contribution in [2.45, 2.75) is 6.92 Å². The second-order valence-electron chi connectivity index (χ2n) is 2.68. The zero-order chi connectivity index (χ0) is 8.55. The van der Waals surface area contributed by atoms with Gasteiger partial charge in [0.1, 0.15) is 3.70 Å². The first-order valence-corrected chi connectivity index (χ1v) is 4.72. The monoisotopic (exact) mass is 270 g/mol. The van der Waals surface area contributed by atoms with Crippen LogP contribution in [0, 0.1) is 10.6 Å². The van der Waals surface area contributed by atoms with Gasteiger partial charge >= 0.3 is 0 Å². The van der Waals surface area contributed by atoms with Gasteiger partial charge in [-0.1, -0.05) is 6.07 Å². The minimum absolute atomic E-state index is 0.936. The van der Waals surface area contributed by atoms with E-state index in [-0.39, 0.29) is 0 Å². The van der Waals surface area contributed by atoms with Gasteiger partial charge in [0.25, 0.3) is 0 Å². The summed E-state index contributed by atoms with van der Waals surface area (Å²) in [5.74, 6) is 0. The van der Waals surface area contributed by atoms with Crippen molar-refractivity contribution < 1.29 is 0 Å². The van der Waals surface area contributed by atoms with Crippen molar-refractivity contribution in [1.29, 1.82) is 0 Å². The maximum Gasteiger partial charge on any atom is 0.120 e. The van der Waals surface area contributed by atoms with Gasteiger partial charge in [0.05, 0.1) is 17.2 Å². The molecule has 60 valence electrons. The highest BCUT2D eigenvalue weighted by molar-refractivity contribution is 14.1. The molecule has 0 amide bonds. The Morgan fingerprint density at radius 3 is 2.92 bits per heavy atom.